The topological polar surface area (TPSA) is 58.4 Å². The second-order valence-corrected chi connectivity index (χ2v) is 6.03. The van der Waals surface area contributed by atoms with Gasteiger partial charge in [0.25, 0.3) is 0 Å². The molecular formula is C15H25N3O. The maximum atomic E-state index is 11.3. The largest absolute Gasteiger partial charge is 0.366 e. The molecule has 0 fully saturated rings. The fourth-order valence-electron chi connectivity index (χ4n) is 2.36. The summed E-state index contributed by atoms with van der Waals surface area (Å²) in [6, 6.07) is 7.46. The van der Waals surface area contributed by atoms with Crippen LogP contribution in [0.2, 0.25) is 0 Å². The van der Waals surface area contributed by atoms with Crippen molar-refractivity contribution in [2.45, 2.75) is 20.4 Å². The Labute approximate surface area is 116 Å². The van der Waals surface area contributed by atoms with Crippen LogP contribution in [0.4, 0.5) is 0 Å². The van der Waals surface area contributed by atoms with Gasteiger partial charge in [-0.2, -0.15) is 0 Å². The van der Waals surface area contributed by atoms with Gasteiger partial charge in [-0.15, -0.1) is 0 Å². The summed E-state index contributed by atoms with van der Waals surface area (Å²) in [5, 5.41) is 3.41. The third kappa shape index (κ3) is 5.41. The molecule has 0 aliphatic heterocycles. The SMILES string of the molecule is CN(C)CC(C)(C)CNCc1ccccc1C(N)=O. The minimum absolute atomic E-state index is 0.186. The average molecular weight is 263 g/mol. The number of carbonyl (C=O) groups excluding carboxylic acids is 1. The molecule has 0 saturated heterocycles. The lowest BCUT2D eigenvalue weighted by Gasteiger charge is -2.28. The van der Waals surface area contributed by atoms with Gasteiger partial charge in [0, 0.05) is 25.2 Å². The predicted octanol–water partition coefficient (Wildman–Crippen LogP) is 1.46. The zero-order valence-corrected chi connectivity index (χ0v) is 12.4. The normalized spacial score (nSPS) is 11.8. The minimum Gasteiger partial charge on any atom is -0.366 e. The van der Waals surface area contributed by atoms with Gasteiger partial charge in [-0.05, 0) is 31.1 Å². The molecule has 1 aromatic carbocycles. The molecule has 19 heavy (non-hydrogen) atoms. The Morgan fingerprint density at radius 2 is 1.95 bits per heavy atom. The number of primary amides is 1. The van der Waals surface area contributed by atoms with Gasteiger partial charge in [0.15, 0.2) is 0 Å². The highest BCUT2D eigenvalue weighted by molar-refractivity contribution is 5.94. The highest BCUT2D eigenvalue weighted by Crippen LogP contribution is 2.15. The molecular weight excluding hydrogens is 238 g/mol. The zero-order valence-electron chi connectivity index (χ0n) is 12.4. The first kappa shape index (κ1) is 15.7. The first-order valence-electron chi connectivity index (χ1n) is 6.55. The van der Waals surface area contributed by atoms with Crippen LogP contribution in [0, 0.1) is 5.41 Å². The van der Waals surface area contributed by atoms with Crippen molar-refractivity contribution in [3.63, 3.8) is 0 Å². The molecule has 0 heterocycles. The van der Waals surface area contributed by atoms with Crippen molar-refractivity contribution in [3.8, 4) is 0 Å². The fourth-order valence-corrected chi connectivity index (χ4v) is 2.36. The number of carbonyl (C=O) groups is 1. The van der Waals surface area contributed by atoms with Crippen LogP contribution in [0.15, 0.2) is 24.3 Å². The Bertz CT molecular complexity index is 427. The van der Waals surface area contributed by atoms with E-state index in [2.05, 4.69) is 38.2 Å². The van der Waals surface area contributed by atoms with Crippen LogP contribution in [0.3, 0.4) is 0 Å². The minimum atomic E-state index is -0.370. The molecule has 0 bridgehead atoms. The number of hydrogen-bond donors (Lipinski definition) is 2. The highest BCUT2D eigenvalue weighted by atomic mass is 16.1. The summed E-state index contributed by atoms with van der Waals surface area (Å²) in [6.45, 7) is 7.01. The third-order valence-electron chi connectivity index (χ3n) is 2.95. The summed E-state index contributed by atoms with van der Waals surface area (Å²) in [5.41, 5.74) is 7.10. The summed E-state index contributed by atoms with van der Waals surface area (Å²) < 4.78 is 0. The number of benzene rings is 1. The van der Waals surface area contributed by atoms with E-state index in [-0.39, 0.29) is 11.3 Å². The quantitative estimate of drug-likeness (QED) is 0.783. The van der Waals surface area contributed by atoms with Crippen molar-refractivity contribution in [3.05, 3.63) is 35.4 Å². The van der Waals surface area contributed by atoms with Crippen molar-refractivity contribution < 1.29 is 4.79 Å². The van der Waals surface area contributed by atoms with Crippen molar-refractivity contribution in [1.29, 1.82) is 0 Å². The average Bonchev–Trinajstić information content (AvgIpc) is 2.27. The van der Waals surface area contributed by atoms with Crippen molar-refractivity contribution in [1.82, 2.24) is 10.2 Å². The maximum absolute atomic E-state index is 11.3. The van der Waals surface area contributed by atoms with E-state index in [1.54, 1.807) is 6.07 Å². The van der Waals surface area contributed by atoms with Gasteiger partial charge in [-0.25, -0.2) is 0 Å². The molecule has 3 N–H and O–H groups in total. The Morgan fingerprint density at radius 1 is 1.32 bits per heavy atom. The van der Waals surface area contributed by atoms with E-state index in [9.17, 15) is 4.79 Å². The van der Waals surface area contributed by atoms with Crippen LogP contribution < -0.4 is 11.1 Å². The fraction of sp³-hybridized carbons (Fsp3) is 0.533. The third-order valence-corrected chi connectivity index (χ3v) is 2.95. The Balaban J connectivity index is 2.56. The number of nitrogens with one attached hydrogen (secondary N) is 1. The maximum Gasteiger partial charge on any atom is 0.249 e. The van der Waals surface area contributed by atoms with Gasteiger partial charge < -0.3 is 16.0 Å². The van der Waals surface area contributed by atoms with Gasteiger partial charge in [-0.1, -0.05) is 32.0 Å². The smallest absolute Gasteiger partial charge is 0.249 e. The van der Waals surface area contributed by atoms with Gasteiger partial charge >= 0.3 is 0 Å². The zero-order chi connectivity index (χ0) is 14.5. The molecule has 0 aliphatic rings. The lowest BCUT2D eigenvalue weighted by molar-refractivity contribution is 0.0999. The van der Waals surface area contributed by atoms with Gasteiger partial charge in [0.05, 0.1) is 0 Å². The molecule has 1 amide bonds. The van der Waals surface area contributed by atoms with Gasteiger partial charge in [0.1, 0.15) is 0 Å². The van der Waals surface area contributed by atoms with Gasteiger partial charge in [-0.3, -0.25) is 4.79 Å². The van der Waals surface area contributed by atoms with E-state index in [1.165, 1.54) is 0 Å². The van der Waals surface area contributed by atoms with Crippen LogP contribution in [0.1, 0.15) is 29.8 Å². The van der Waals surface area contributed by atoms with E-state index in [4.69, 9.17) is 5.73 Å². The lowest BCUT2D eigenvalue weighted by Crippen LogP contribution is -2.37. The Hall–Kier alpha value is -1.39. The Kier molecular flexibility index (Phi) is 5.51. The van der Waals surface area contributed by atoms with Gasteiger partial charge in [0.2, 0.25) is 5.91 Å². The van der Waals surface area contributed by atoms with E-state index >= 15 is 0 Å². The second kappa shape index (κ2) is 6.68. The van der Waals surface area contributed by atoms with Crippen LogP contribution in [-0.4, -0.2) is 38.0 Å². The molecule has 4 heteroatoms. The second-order valence-electron chi connectivity index (χ2n) is 6.03. The molecule has 0 saturated carbocycles. The van der Waals surface area contributed by atoms with E-state index < -0.39 is 0 Å². The number of amides is 1. The summed E-state index contributed by atoms with van der Waals surface area (Å²) >= 11 is 0. The van der Waals surface area contributed by atoms with Crippen molar-refractivity contribution in [2.24, 2.45) is 11.1 Å². The first-order valence-corrected chi connectivity index (χ1v) is 6.55. The molecule has 0 spiro atoms. The molecule has 1 rings (SSSR count). The van der Waals surface area contributed by atoms with Crippen molar-refractivity contribution in [2.75, 3.05) is 27.2 Å². The highest BCUT2D eigenvalue weighted by Gasteiger charge is 2.18. The first-order chi connectivity index (χ1) is 8.82. The van der Waals surface area contributed by atoms with E-state index in [1.807, 2.05) is 18.2 Å². The predicted molar refractivity (Wildman–Crippen MR) is 79.0 cm³/mol. The summed E-state index contributed by atoms with van der Waals surface area (Å²) in [7, 11) is 4.15. The molecule has 0 aromatic heterocycles. The van der Waals surface area contributed by atoms with E-state index in [0.29, 0.717) is 12.1 Å². The summed E-state index contributed by atoms with van der Waals surface area (Å²) in [6.07, 6.45) is 0. The van der Waals surface area contributed by atoms with Crippen molar-refractivity contribution >= 4 is 5.91 Å². The van der Waals surface area contributed by atoms with Crippen LogP contribution in [0.25, 0.3) is 0 Å². The summed E-state index contributed by atoms with van der Waals surface area (Å²) in [4.78, 5) is 13.5. The van der Waals surface area contributed by atoms with Crippen LogP contribution in [0.5, 0.6) is 0 Å². The monoisotopic (exact) mass is 263 g/mol. The Morgan fingerprint density at radius 3 is 2.53 bits per heavy atom. The number of rotatable bonds is 7. The van der Waals surface area contributed by atoms with Crippen LogP contribution in [-0.2, 0) is 6.54 Å². The number of nitrogens with two attached hydrogens (primary N) is 1. The molecule has 0 radical (unpaired) electrons. The standard InChI is InChI=1S/C15H25N3O/c1-15(2,11-18(3)4)10-17-9-12-7-5-6-8-13(12)14(16)19/h5-8,17H,9-11H2,1-4H3,(H2,16,19). The molecule has 4 nitrogen and oxygen atoms in total. The molecule has 1 aromatic rings. The molecule has 106 valence electrons. The number of nitrogens with zero attached hydrogens (tertiary/aromatic N) is 1. The van der Waals surface area contributed by atoms with E-state index in [0.717, 1.165) is 18.7 Å². The summed E-state index contributed by atoms with van der Waals surface area (Å²) in [5.74, 6) is -0.370. The number of hydrogen-bond acceptors (Lipinski definition) is 3. The molecule has 0 atom stereocenters. The lowest BCUT2D eigenvalue weighted by atomic mass is 9.93. The molecule has 0 aliphatic carbocycles. The van der Waals surface area contributed by atoms with Crippen LogP contribution >= 0.6 is 0 Å². The molecule has 0 unspecified atom stereocenters.